The van der Waals surface area contributed by atoms with E-state index < -0.39 is 0 Å². The lowest BCUT2D eigenvalue weighted by atomic mass is 10.2. The average Bonchev–Trinajstić information content (AvgIpc) is 3.15. The van der Waals surface area contributed by atoms with E-state index in [1.165, 1.54) is 4.88 Å². The summed E-state index contributed by atoms with van der Waals surface area (Å²) in [5, 5.41) is 4.95. The molecule has 7 heteroatoms. The third kappa shape index (κ3) is 2.93. The molecule has 1 atom stereocenters. The smallest absolute Gasteiger partial charge is 0.262 e. The van der Waals surface area contributed by atoms with Crippen molar-refractivity contribution in [3.63, 3.8) is 0 Å². The van der Waals surface area contributed by atoms with Crippen molar-refractivity contribution >= 4 is 21.6 Å². The third-order valence-electron chi connectivity index (χ3n) is 3.90. The van der Waals surface area contributed by atoms with Crippen molar-refractivity contribution in [2.24, 2.45) is 0 Å². The zero-order chi connectivity index (χ0) is 16.4. The minimum atomic E-state index is -0.192. The molecule has 0 radical (unpaired) electrons. The van der Waals surface area contributed by atoms with Gasteiger partial charge in [-0.2, -0.15) is 5.10 Å². The van der Waals surface area contributed by atoms with Crippen molar-refractivity contribution in [3.8, 4) is 0 Å². The predicted molar refractivity (Wildman–Crippen MR) is 92.0 cm³/mol. The Labute approximate surface area is 138 Å². The Hall–Kier alpha value is -2.02. The van der Waals surface area contributed by atoms with Gasteiger partial charge in [0.1, 0.15) is 17.0 Å². The first kappa shape index (κ1) is 15.9. The topological polar surface area (TPSA) is 65.6 Å². The molecule has 23 heavy (non-hydrogen) atoms. The number of hydrogen-bond donors (Lipinski definition) is 0. The molecule has 0 spiro atoms. The van der Waals surface area contributed by atoms with Gasteiger partial charge in [-0.15, -0.1) is 11.3 Å². The van der Waals surface area contributed by atoms with Gasteiger partial charge in [0, 0.05) is 11.4 Å². The lowest BCUT2D eigenvalue weighted by Crippen LogP contribution is -2.26. The molecular formula is C16H21N5OS. The van der Waals surface area contributed by atoms with Gasteiger partial charge in [0.25, 0.3) is 5.56 Å². The number of rotatable bonds is 6. The Morgan fingerprint density at radius 1 is 1.26 bits per heavy atom. The van der Waals surface area contributed by atoms with Gasteiger partial charge in [-0.1, -0.05) is 20.3 Å². The largest absolute Gasteiger partial charge is 0.288 e. The second-order valence-electron chi connectivity index (χ2n) is 5.66. The molecule has 122 valence electrons. The van der Waals surface area contributed by atoms with Crippen LogP contribution in [0.1, 0.15) is 50.4 Å². The summed E-state index contributed by atoms with van der Waals surface area (Å²) in [5.74, 6) is 0.791. The molecule has 3 aromatic rings. The Bertz CT molecular complexity index is 863. The normalized spacial score (nSPS) is 12.8. The summed E-state index contributed by atoms with van der Waals surface area (Å²) in [5.41, 5.74) is -0.00727. The molecular weight excluding hydrogens is 310 g/mol. The second kappa shape index (κ2) is 6.62. The van der Waals surface area contributed by atoms with Crippen LogP contribution < -0.4 is 5.56 Å². The van der Waals surface area contributed by atoms with Gasteiger partial charge in [-0.3, -0.25) is 9.36 Å². The molecule has 0 bridgehead atoms. The zero-order valence-electron chi connectivity index (χ0n) is 13.7. The summed E-state index contributed by atoms with van der Waals surface area (Å²) in [6.07, 6.45) is 6.20. The van der Waals surface area contributed by atoms with Crippen LogP contribution in [0.3, 0.4) is 0 Å². The van der Waals surface area contributed by atoms with Crippen LogP contribution in [0.4, 0.5) is 0 Å². The summed E-state index contributed by atoms with van der Waals surface area (Å²) in [4.78, 5) is 23.7. The maximum absolute atomic E-state index is 12.8. The Morgan fingerprint density at radius 2 is 2.09 bits per heavy atom. The highest BCUT2D eigenvalue weighted by Gasteiger charge is 2.18. The van der Waals surface area contributed by atoms with Crippen molar-refractivity contribution in [3.05, 3.63) is 39.8 Å². The van der Waals surface area contributed by atoms with Crippen molar-refractivity contribution in [1.29, 1.82) is 0 Å². The lowest BCUT2D eigenvalue weighted by molar-refractivity contribution is 0.497. The maximum atomic E-state index is 12.8. The summed E-state index contributed by atoms with van der Waals surface area (Å²) < 4.78 is 3.51. The van der Waals surface area contributed by atoms with Crippen LogP contribution in [0.15, 0.2) is 23.5 Å². The van der Waals surface area contributed by atoms with Crippen LogP contribution in [0.5, 0.6) is 0 Å². The van der Waals surface area contributed by atoms with E-state index in [2.05, 4.69) is 28.9 Å². The van der Waals surface area contributed by atoms with Gasteiger partial charge in [0.05, 0.1) is 17.8 Å². The first-order valence-electron chi connectivity index (χ1n) is 8.03. The van der Waals surface area contributed by atoms with Crippen LogP contribution in [-0.2, 0) is 13.0 Å². The molecule has 0 unspecified atom stereocenters. The molecule has 0 amide bonds. The van der Waals surface area contributed by atoms with Crippen molar-refractivity contribution in [2.45, 2.75) is 52.6 Å². The van der Waals surface area contributed by atoms with Crippen LogP contribution in [0, 0.1) is 0 Å². The van der Waals surface area contributed by atoms with Crippen LogP contribution in [0.25, 0.3) is 10.2 Å². The highest BCUT2D eigenvalue weighted by atomic mass is 32.1. The van der Waals surface area contributed by atoms with E-state index in [0.717, 1.165) is 36.5 Å². The highest BCUT2D eigenvalue weighted by molar-refractivity contribution is 7.18. The fourth-order valence-corrected chi connectivity index (χ4v) is 3.82. The molecule has 0 fully saturated rings. The fraction of sp³-hybridized carbons (Fsp3) is 0.500. The summed E-state index contributed by atoms with van der Waals surface area (Å²) >= 11 is 1.61. The molecule has 0 saturated carbocycles. The van der Waals surface area contributed by atoms with Crippen LogP contribution >= 0.6 is 11.3 Å². The SMILES string of the molecule is CCCc1cc2c(=O)n([C@H](C)c3ncnn3CCC)cnc2s1. The maximum Gasteiger partial charge on any atom is 0.262 e. The summed E-state index contributed by atoms with van der Waals surface area (Å²) in [7, 11) is 0. The van der Waals surface area contributed by atoms with Gasteiger partial charge in [-0.25, -0.2) is 14.6 Å². The van der Waals surface area contributed by atoms with E-state index in [9.17, 15) is 4.79 Å². The van der Waals surface area contributed by atoms with Gasteiger partial charge in [-0.05, 0) is 25.8 Å². The molecule has 3 heterocycles. The molecule has 0 saturated heterocycles. The minimum absolute atomic E-state index is 0.00727. The predicted octanol–water partition coefficient (Wildman–Crippen LogP) is 3.02. The van der Waals surface area contributed by atoms with Gasteiger partial charge >= 0.3 is 0 Å². The average molecular weight is 331 g/mol. The number of hydrogen-bond acceptors (Lipinski definition) is 5. The van der Waals surface area contributed by atoms with Crippen molar-refractivity contribution in [2.75, 3.05) is 0 Å². The van der Waals surface area contributed by atoms with E-state index in [0.29, 0.717) is 5.39 Å². The number of nitrogens with zero attached hydrogens (tertiary/aromatic N) is 5. The zero-order valence-corrected chi connectivity index (χ0v) is 14.5. The highest BCUT2D eigenvalue weighted by Crippen LogP contribution is 2.23. The Morgan fingerprint density at radius 3 is 2.83 bits per heavy atom. The Balaban J connectivity index is 2.03. The molecule has 0 aliphatic rings. The number of thiophene rings is 1. The molecule has 6 nitrogen and oxygen atoms in total. The van der Waals surface area contributed by atoms with Gasteiger partial charge < -0.3 is 0 Å². The number of aryl methyl sites for hydroxylation is 2. The van der Waals surface area contributed by atoms with Gasteiger partial charge in [0.15, 0.2) is 0 Å². The summed E-state index contributed by atoms with van der Waals surface area (Å²) in [6.45, 7) is 6.99. The summed E-state index contributed by atoms with van der Waals surface area (Å²) in [6, 6.07) is 1.79. The van der Waals surface area contributed by atoms with Crippen LogP contribution in [0.2, 0.25) is 0 Å². The fourth-order valence-electron chi connectivity index (χ4n) is 2.74. The van der Waals surface area contributed by atoms with E-state index in [4.69, 9.17) is 0 Å². The monoisotopic (exact) mass is 331 g/mol. The lowest BCUT2D eigenvalue weighted by Gasteiger charge is -2.14. The third-order valence-corrected chi connectivity index (χ3v) is 5.00. The van der Waals surface area contributed by atoms with E-state index in [1.54, 1.807) is 28.6 Å². The first-order valence-corrected chi connectivity index (χ1v) is 8.84. The molecule has 0 aliphatic carbocycles. The number of fused-ring (bicyclic) bond motifs is 1. The minimum Gasteiger partial charge on any atom is -0.288 e. The molecule has 0 aliphatic heterocycles. The van der Waals surface area contributed by atoms with E-state index in [1.807, 2.05) is 17.7 Å². The molecule has 3 aromatic heterocycles. The molecule has 0 aromatic carbocycles. The van der Waals surface area contributed by atoms with Gasteiger partial charge in [0.2, 0.25) is 0 Å². The van der Waals surface area contributed by atoms with E-state index in [-0.39, 0.29) is 11.6 Å². The standard InChI is InChI=1S/C16H21N5OS/c1-4-6-12-8-13-15(23-12)18-10-20(16(13)22)11(3)14-17-9-19-21(14)7-5-2/h8-11H,4-7H2,1-3H3/t11-/m1/s1. The Kier molecular flexibility index (Phi) is 4.56. The van der Waals surface area contributed by atoms with Crippen molar-refractivity contribution < 1.29 is 0 Å². The first-order chi connectivity index (χ1) is 11.2. The molecule has 0 N–H and O–H groups in total. The quantitative estimate of drug-likeness (QED) is 0.696. The second-order valence-corrected chi connectivity index (χ2v) is 6.77. The van der Waals surface area contributed by atoms with E-state index >= 15 is 0 Å². The van der Waals surface area contributed by atoms with Crippen LogP contribution in [-0.4, -0.2) is 24.3 Å². The number of aromatic nitrogens is 5. The molecule has 3 rings (SSSR count). The van der Waals surface area contributed by atoms with Crippen molar-refractivity contribution in [1.82, 2.24) is 24.3 Å².